The molecule has 1 heterocycles. The Hall–Kier alpha value is -2.91. The molecule has 0 aliphatic rings. The molecular weight excluding hydrogens is 394 g/mol. The quantitative estimate of drug-likeness (QED) is 0.334. The van der Waals surface area contributed by atoms with Crippen LogP contribution in [0.1, 0.15) is 16.7 Å². The van der Waals surface area contributed by atoms with Crippen molar-refractivity contribution >= 4 is 40.4 Å². The van der Waals surface area contributed by atoms with Crippen molar-refractivity contribution in [2.45, 2.75) is 17.9 Å². The molecule has 144 valence electrons. The number of ether oxygens (including phenoxy) is 1. The second-order valence-electron chi connectivity index (χ2n) is 5.78. The largest absolute Gasteiger partial charge is 0.489 e. The highest BCUT2D eigenvalue weighted by molar-refractivity contribution is 8.01. The third kappa shape index (κ3) is 6.07. The van der Waals surface area contributed by atoms with Gasteiger partial charge in [0.1, 0.15) is 12.4 Å². The lowest BCUT2D eigenvalue weighted by Gasteiger charge is -2.09. The molecule has 1 amide bonds. The van der Waals surface area contributed by atoms with Gasteiger partial charge in [-0.1, -0.05) is 59.5 Å². The van der Waals surface area contributed by atoms with Crippen molar-refractivity contribution in [2.75, 3.05) is 11.5 Å². The van der Waals surface area contributed by atoms with Gasteiger partial charge in [0.2, 0.25) is 5.13 Å². The van der Waals surface area contributed by atoms with E-state index in [9.17, 15) is 4.79 Å². The van der Waals surface area contributed by atoms with Crippen LogP contribution >= 0.6 is 23.1 Å². The van der Waals surface area contributed by atoms with Crippen LogP contribution in [0.2, 0.25) is 0 Å². The number of nitrogens with zero attached hydrogens (tertiary/aromatic N) is 3. The van der Waals surface area contributed by atoms with Crippen LogP contribution in [0.15, 0.2) is 58.0 Å². The smallest absolute Gasteiger partial charge is 0.250 e. The molecule has 0 saturated heterocycles. The maximum atomic E-state index is 11.8. The summed E-state index contributed by atoms with van der Waals surface area (Å²) in [6.45, 7) is 2.56. The van der Waals surface area contributed by atoms with E-state index in [0.29, 0.717) is 16.1 Å². The molecule has 1 aromatic heterocycles. The molecular formula is C19H19N5O2S2. The highest BCUT2D eigenvalue weighted by Gasteiger charge is 2.06. The van der Waals surface area contributed by atoms with Crippen molar-refractivity contribution in [1.29, 1.82) is 0 Å². The molecule has 0 radical (unpaired) electrons. The van der Waals surface area contributed by atoms with Crippen molar-refractivity contribution in [3.05, 3.63) is 65.2 Å². The number of hydrogen-bond donors (Lipinski definition) is 2. The zero-order valence-corrected chi connectivity index (χ0v) is 16.8. The number of hydrazone groups is 1. The first kappa shape index (κ1) is 19.8. The van der Waals surface area contributed by atoms with Gasteiger partial charge in [-0.3, -0.25) is 4.79 Å². The number of amides is 1. The van der Waals surface area contributed by atoms with Gasteiger partial charge in [-0.25, -0.2) is 5.43 Å². The Bertz CT molecular complexity index is 974. The highest BCUT2D eigenvalue weighted by atomic mass is 32.2. The number of benzene rings is 2. The van der Waals surface area contributed by atoms with E-state index < -0.39 is 0 Å². The van der Waals surface area contributed by atoms with Crippen LogP contribution in [0.3, 0.4) is 0 Å². The van der Waals surface area contributed by atoms with E-state index in [1.165, 1.54) is 28.7 Å². The Morgan fingerprint density at radius 1 is 1.29 bits per heavy atom. The molecule has 3 N–H and O–H groups in total. The van der Waals surface area contributed by atoms with Crippen LogP contribution in [0.4, 0.5) is 5.13 Å². The number of rotatable bonds is 8. The molecule has 7 nitrogen and oxygen atoms in total. The molecule has 0 saturated carbocycles. The molecule has 3 aromatic rings. The van der Waals surface area contributed by atoms with Crippen molar-refractivity contribution in [2.24, 2.45) is 5.10 Å². The fourth-order valence-electron chi connectivity index (χ4n) is 2.23. The third-order valence-electron chi connectivity index (χ3n) is 3.67. The molecule has 0 spiro atoms. The minimum atomic E-state index is -0.234. The van der Waals surface area contributed by atoms with Crippen LogP contribution in [0.5, 0.6) is 5.75 Å². The lowest BCUT2D eigenvalue weighted by Crippen LogP contribution is -2.19. The van der Waals surface area contributed by atoms with Gasteiger partial charge in [0.05, 0.1) is 12.0 Å². The van der Waals surface area contributed by atoms with E-state index in [0.717, 1.165) is 16.9 Å². The molecule has 0 aliphatic heterocycles. The summed E-state index contributed by atoms with van der Waals surface area (Å²) in [5.74, 6) is 0.691. The predicted octanol–water partition coefficient (Wildman–Crippen LogP) is 3.25. The molecule has 0 atom stereocenters. The second-order valence-corrected chi connectivity index (χ2v) is 8.01. The first-order chi connectivity index (χ1) is 13.6. The van der Waals surface area contributed by atoms with Gasteiger partial charge < -0.3 is 10.5 Å². The van der Waals surface area contributed by atoms with Gasteiger partial charge in [-0.2, -0.15) is 5.10 Å². The first-order valence-electron chi connectivity index (χ1n) is 8.41. The maximum absolute atomic E-state index is 11.8. The van der Waals surface area contributed by atoms with Crippen LogP contribution in [-0.2, 0) is 11.4 Å². The summed E-state index contributed by atoms with van der Waals surface area (Å²) < 4.78 is 6.50. The van der Waals surface area contributed by atoms with Gasteiger partial charge in [-0.15, -0.1) is 10.2 Å². The Morgan fingerprint density at radius 2 is 2.14 bits per heavy atom. The average molecular weight is 414 g/mol. The van der Waals surface area contributed by atoms with Gasteiger partial charge in [0.25, 0.3) is 5.91 Å². The number of aromatic nitrogens is 2. The van der Waals surface area contributed by atoms with E-state index in [1.54, 1.807) is 6.21 Å². The number of anilines is 1. The van der Waals surface area contributed by atoms with E-state index in [4.69, 9.17) is 10.5 Å². The van der Waals surface area contributed by atoms with Gasteiger partial charge in [-0.05, 0) is 35.7 Å². The minimum absolute atomic E-state index is 0.186. The lowest BCUT2D eigenvalue weighted by molar-refractivity contribution is -0.118. The summed E-state index contributed by atoms with van der Waals surface area (Å²) in [6.07, 6.45) is 1.58. The summed E-state index contributed by atoms with van der Waals surface area (Å²) in [4.78, 5) is 11.8. The molecule has 0 bridgehead atoms. The number of carbonyl (C=O) groups excluding carboxylic acids is 1. The Labute approximate surface area is 171 Å². The number of thioether (sulfide) groups is 1. The normalized spacial score (nSPS) is 10.9. The van der Waals surface area contributed by atoms with Crippen molar-refractivity contribution in [3.63, 3.8) is 0 Å². The maximum Gasteiger partial charge on any atom is 0.250 e. The average Bonchev–Trinajstić information content (AvgIpc) is 3.11. The molecule has 2 aromatic carbocycles. The summed E-state index contributed by atoms with van der Waals surface area (Å²) in [5, 5.41) is 11.9. The van der Waals surface area contributed by atoms with Crippen LogP contribution < -0.4 is 15.9 Å². The van der Waals surface area contributed by atoms with Gasteiger partial charge in [0, 0.05) is 0 Å². The Kier molecular flexibility index (Phi) is 6.99. The summed E-state index contributed by atoms with van der Waals surface area (Å²) >= 11 is 2.50. The number of hydrogen-bond acceptors (Lipinski definition) is 8. The number of carbonyl (C=O) groups is 1. The fourth-order valence-corrected chi connectivity index (χ4v) is 3.66. The minimum Gasteiger partial charge on any atom is -0.489 e. The predicted molar refractivity (Wildman–Crippen MR) is 113 cm³/mol. The van der Waals surface area contributed by atoms with Crippen LogP contribution in [0.25, 0.3) is 0 Å². The molecule has 9 heteroatoms. The fraction of sp³-hybridized carbons (Fsp3) is 0.158. The molecule has 0 unspecified atom stereocenters. The molecule has 0 fully saturated rings. The van der Waals surface area contributed by atoms with E-state index in [1.807, 2.05) is 42.5 Å². The number of nitrogens with one attached hydrogen (secondary N) is 1. The summed E-state index contributed by atoms with van der Waals surface area (Å²) in [5.41, 5.74) is 11.1. The number of nitrogens with two attached hydrogens (primary N) is 1. The zero-order chi connectivity index (χ0) is 19.8. The van der Waals surface area contributed by atoms with Crippen LogP contribution in [-0.4, -0.2) is 28.1 Å². The molecule has 3 rings (SSSR count). The second kappa shape index (κ2) is 9.86. The SMILES string of the molecule is Cc1ccccc1COc1cccc(C=NNC(=O)CSc2nnc(N)s2)c1. The summed E-state index contributed by atoms with van der Waals surface area (Å²) in [6, 6.07) is 15.6. The standard InChI is InChI=1S/C19H19N5O2S2/c1-13-5-2-3-7-15(13)11-26-16-8-4-6-14(9-16)10-21-22-17(25)12-27-19-24-23-18(20)28-19/h2-10H,11-12H2,1H3,(H2,20,23)(H,22,25). The Balaban J connectivity index is 1.48. The van der Waals surface area contributed by atoms with E-state index in [2.05, 4.69) is 33.7 Å². The third-order valence-corrected chi connectivity index (χ3v) is 5.55. The highest BCUT2D eigenvalue weighted by Crippen LogP contribution is 2.23. The molecule has 0 aliphatic carbocycles. The number of nitrogen functional groups attached to an aromatic ring is 1. The lowest BCUT2D eigenvalue weighted by atomic mass is 10.1. The topological polar surface area (TPSA) is 102 Å². The number of aryl methyl sites for hydroxylation is 1. The van der Waals surface area contributed by atoms with E-state index >= 15 is 0 Å². The van der Waals surface area contributed by atoms with Crippen molar-refractivity contribution in [3.8, 4) is 5.75 Å². The Morgan fingerprint density at radius 3 is 2.93 bits per heavy atom. The monoisotopic (exact) mass is 413 g/mol. The zero-order valence-electron chi connectivity index (χ0n) is 15.2. The van der Waals surface area contributed by atoms with Gasteiger partial charge in [0.15, 0.2) is 4.34 Å². The van der Waals surface area contributed by atoms with Crippen molar-refractivity contribution in [1.82, 2.24) is 15.6 Å². The van der Waals surface area contributed by atoms with Gasteiger partial charge >= 0.3 is 0 Å². The van der Waals surface area contributed by atoms with Crippen molar-refractivity contribution < 1.29 is 9.53 Å². The van der Waals surface area contributed by atoms with Crippen LogP contribution in [0, 0.1) is 6.92 Å². The van der Waals surface area contributed by atoms with E-state index in [-0.39, 0.29) is 11.7 Å². The molecule has 28 heavy (non-hydrogen) atoms. The first-order valence-corrected chi connectivity index (χ1v) is 10.2. The summed E-state index contributed by atoms with van der Waals surface area (Å²) in [7, 11) is 0.